The van der Waals surface area contributed by atoms with Crippen LogP contribution in [-0.2, 0) is 0 Å². The van der Waals surface area contributed by atoms with Crippen LogP contribution in [0.15, 0.2) is 10.7 Å². The summed E-state index contributed by atoms with van der Waals surface area (Å²) in [5.74, 6) is 0.0593. The molecule has 0 aliphatic heterocycles. The fourth-order valence-electron chi connectivity index (χ4n) is 1.80. The number of carbonyl (C=O) groups excluding carboxylic acids is 1. The van der Waals surface area contributed by atoms with E-state index in [1.54, 1.807) is 10.9 Å². The number of nitrogens with two attached hydrogens (primary N) is 1. The highest BCUT2D eigenvalue weighted by atomic mass is 79.9. The minimum Gasteiger partial charge on any atom is -0.327 e. The van der Waals surface area contributed by atoms with Crippen LogP contribution in [-0.4, -0.2) is 21.6 Å². The predicted octanol–water partition coefficient (Wildman–Crippen LogP) is 2.93. The number of rotatable bonds is 6. The summed E-state index contributed by atoms with van der Waals surface area (Å²) in [5.41, 5.74) is 6.53. The van der Waals surface area contributed by atoms with E-state index in [1.165, 1.54) is 0 Å². The fraction of sp³-hybridized carbons (Fsp3) is 0.667. The molecule has 0 saturated heterocycles. The standard InChI is InChI=1S/C12H20BrN3O/c1-4-5-9(14)6-11(17)12-10(13)7-15-16(12)8(2)3/h7-9H,4-6,14H2,1-3H3. The van der Waals surface area contributed by atoms with Crippen LogP contribution >= 0.6 is 15.9 Å². The Morgan fingerprint density at radius 3 is 2.76 bits per heavy atom. The number of carbonyl (C=O) groups is 1. The molecule has 1 aromatic rings. The van der Waals surface area contributed by atoms with E-state index < -0.39 is 0 Å². The SMILES string of the molecule is CCCC(N)CC(=O)c1c(Br)cnn1C(C)C. The topological polar surface area (TPSA) is 60.9 Å². The van der Waals surface area contributed by atoms with Crippen LogP contribution in [0.2, 0.25) is 0 Å². The number of hydrogen-bond donors (Lipinski definition) is 1. The normalized spacial score (nSPS) is 13.1. The molecule has 0 radical (unpaired) electrons. The van der Waals surface area contributed by atoms with Gasteiger partial charge in [-0.1, -0.05) is 13.3 Å². The van der Waals surface area contributed by atoms with Gasteiger partial charge in [0, 0.05) is 18.5 Å². The van der Waals surface area contributed by atoms with Gasteiger partial charge in [0.25, 0.3) is 0 Å². The molecule has 4 nitrogen and oxygen atoms in total. The van der Waals surface area contributed by atoms with E-state index in [-0.39, 0.29) is 17.9 Å². The van der Waals surface area contributed by atoms with Crippen LogP contribution in [0.25, 0.3) is 0 Å². The van der Waals surface area contributed by atoms with E-state index >= 15 is 0 Å². The minimum absolute atomic E-state index is 0.0593. The third kappa shape index (κ3) is 3.64. The molecule has 0 saturated carbocycles. The van der Waals surface area contributed by atoms with E-state index in [4.69, 9.17) is 5.73 Å². The number of ketones is 1. The molecule has 1 atom stereocenters. The second kappa shape index (κ2) is 6.31. The summed E-state index contributed by atoms with van der Waals surface area (Å²) in [6, 6.07) is 0.109. The summed E-state index contributed by atoms with van der Waals surface area (Å²) in [4.78, 5) is 12.2. The van der Waals surface area contributed by atoms with Gasteiger partial charge in [0.2, 0.25) is 0 Å². The van der Waals surface area contributed by atoms with Crippen LogP contribution in [0.5, 0.6) is 0 Å². The van der Waals surface area contributed by atoms with Gasteiger partial charge in [-0.05, 0) is 36.2 Å². The Labute approximate surface area is 111 Å². The molecule has 1 unspecified atom stereocenters. The van der Waals surface area contributed by atoms with Crippen LogP contribution in [0, 0.1) is 0 Å². The molecule has 0 bridgehead atoms. The molecule has 0 aromatic carbocycles. The van der Waals surface area contributed by atoms with Gasteiger partial charge in [-0.25, -0.2) is 0 Å². The summed E-state index contributed by atoms with van der Waals surface area (Å²) in [7, 11) is 0. The second-order valence-electron chi connectivity index (χ2n) is 4.56. The zero-order chi connectivity index (χ0) is 13.0. The summed E-state index contributed by atoms with van der Waals surface area (Å²) in [5, 5.41) is 4.20. The fourth-order valence-corrected chi connectivity index (χ4v) is 2.30. The predicted molar refractivity (Wildman–Crippen MR) is 72.1 cm³/mol. The highest BCUT2D eigenvalue weighted by Gasteiger charge is 2.20. The lowest BCUT2D eigenvalue weighted by Gasteiger charge is -2.13. The van der Waals surface area contributed by atoms with Gasteiger partial charge in [0.15, 0.2) is 5.78 Å². The molecule has 0 aliphatic carbocycles. The van der Waals surface area contributed by atoms with Crippen molar-refractivity contribution in [2.45, 2.75) is 52.1 Å². The summed E-state index contributed by atoms with van der Waals surface area (Å²) >= 11 is 3.37. The van der Waals surface area contributed by atoms with Crippen molar-refractivity contribution in [1.82, 2.24) is 9.78 Å². The van der Waals surface area contributed by atoms with E-state index in [9.17, 15) is 4.79 Å². The minimum atomic E-state index is -0.0603. The molecule has 1 heterocycles. The molecular weight excluding hydrogens is 282 g/mol. The molecule has 1 aromatic heterocycles. The Morgan fingerprint density at radius 2 is 2.24 bits per heavy atom. The molecule has 1 rings (SSSR count). The molecule has 0 aliphatic rings. The van der Waals surface area contributed by atoms with Crippen molar-refractivity contribution < 1.29 is 4.79 Å². The average molecular weight is 302 g/mol. The number of nitrogens with zero attached hydrogens (tertiary/aromatic N) is 2. The molecule has 17 heavy (non-hydrogen) atoms. The first-order valence-corrected chi connectivity index (χ1v) is 6.78. The van der Waals surface area contributed by atoms with Crippen LogP contribution in [0.4, 0.5) is 0 Å². The maximum Gasteiger partial charge on any atom is 0.183 e. The Bertz CT molecular complexity index is 387. The Hall–Kier alpha value is -0.680. The van der Waals surface area contributed by atoms with E-state index in [1.807, 2.05) is 13.8 Å². The number of aromatic nitrogens is 2. The van der Waals surface area contributed by atoms with Gasteiger partial charge in [0.1, 0.15) is 5.69 Å². The zero-order valence-electron chi connectivity index (χ0n) is 10.6. The molecule has 0 amide bonds. The highest BCUT2D eigenvalue weighted by Crippen LogP contribution is 2.21. The van der Waals surface area contributed by atoms with Crippen molar-refractivity contribution in [3.63, 3.8) is 0 Å². The van der Waals surface area contributed by atoms with Crippen molar-refractivity contribution >= 4 is 21.7 Å². The number of Topliss-reactive ketones (excluding diaryl/α,β-unsaturated/α-hetero) is 1. The first-order valence-electron chi connectivity index (χ1n) is 5.99. The molecule has 2 N–H and O–H groups in total. The Balaban J connectivity index is 2.84. The van der Waals surface area contributed by atoms with E-state index in [0.717, 1.165) is 17.3 Å². The van der Waals surface area contributed by atoms with Gasteiger partial charge in [-0.3, -0.25) is 9.48 Å². The van der Waals surface area contributed by atoms with E-state index in [2.05, 4.69) is 28.0 Å². The maximum absolute atomic E-state index is 12.2. The van der Waals surface area contributed by atoms with Gasteiger partial charge in [-0.15, -0.1) is 0 Å². The summed E-state index contributed by atoms with van der Waals surface area (Å²) < 4.78 is 2.49. The second-order valence-corrected chi connectivity index (χ2v) is 5.41. The summed E-state index contributed by atoms with van der Waals surface area (Å²) in [6.45, 7) is 6.07. The molecule has 0 spiro atoms. The third-order valence-electron chi connectivity index (χ3n) is 2.61. The number of halogens is 1. The molecule has 0 fully saturated rings. The lowest BCUT2D eigenvalue weighted by molar-refractivity contribution is 0.0960. The van der Waals surface area contributed by atoms with Crippen LogP contribution in [0.1, 0.15) is 56.6 Å². The van der Waals surface area contributed by atoms with Crippen molar-refractivity contribution in [2.24, 2.45) is 5.73 Å². The van der Waals surface area contributed by atoms with Crippen molar-refractivity contribution in [1.29, 1.82) is 0 Å². The average Bonchev–Trinajstić information content (AvgIpc) is 2.60. The lowest BCUT2D eigenvalue weighted by Crippen LogP contribution is -2.25. The molecule has 5 heteroatoms. The van der Waals surface area contributed by atoms with Crippen molar-refractivity contribution in [3.05, 3.63) is 16.4 Å². The van der Waals surface area contributed by atoms with Crippen molar-refractivity contribution in [2.75, 3.05) is 0 Å². The van der Waals surface area contributed by atoms with Crippen molar-refractivity contribution in [3.8, 4) is 0 Å². The Morgan fingerprint density at radius 1 is 1.59 bits per heavy atom. The summed E-state index contributed by atoms with van der Waals surface area (Å²) in [6.07, 6.45) is 3.92. The van der Waals surface area contributed by atoms with Crippen LogP contribution < -0.4 is 5.73 Å². The quantitative estimate of drug-likeness (QED) is 0.822. The molecule has 96 valence electrons. The molecular formula is C12H20BrN3O. The smallest absolute Gasteiger partial charge is 0.183 e. The van der Waals surface area contributed by atoms with E-state index in [0.29, 0.717) is 12.1 Å². The Kier molecular flexibility index (Phi) is 5.33. The van der Waals surface area contributed by atoms with Gasteiger partial charge >= 0.3 is 0 Å². The highest BCUT2D eigenvalue weighted by molar-refractivity contribution is 9.10. The van der Waals surface area contributed by atoms with Gasteiger partial charge < -0.3 is 5.73 Å². The lowest BCUT2D eigenvalue weighted by atomic mass is 10.0. The van der Waals surface area contributed by atoms with Gasteiger partial charge in [-0.2, -0.15) is 5.10 Å². The largest absolute Gasteiger partial charge is 0.327 e. The van der Waals surface area contributed by atoms with Crippen LogP contribution in [0.3, 0.4) is 0 Å². The maximum atomic E-state index is 12.2. The third-order valence-corrected chi connectivity index (χ3v) is 3.19. The first kappa shape index (κ1) is 14.4. The monoisotopic (exact) mass is 301 g/mol. The first-order chi connectivity index (χ1) is 7.97. The van der Waals surface area contributed by atoms with Gasteiger partial charge in [0.05, 0.1) is 10.7 Å². The number of hydrogen-bond acceptors (Lipinski definition) is 3. The zero-order valence-corrected chi connectivity index (χ0v) is 12.2.